The summed E-state index contributed by atoms with van der Waals surface area (Å²) in [4.78, 5) is 23.8. The third kappa shape index (κ3) is 7.52. The summed E-state index contributed by atoms with van der Waals surface area (Å²) < 4.78 is 5.42. The van der Waals surface area contributed by atoms with Gasteiger partial charge < -0.3 is 9.84 Å². The SMILES string of the molecule is CCOC(=O)[C@H](Cc1ccc(O)cc1)N[C@H](/C(=N\Nc1ccc([N+](=O)[O-])cc1)c1ccccc1)c1ccccc1. The number of nitro groups is 1. The van der Waals surface area contributed by atoms with Crippen molar-refractivity contribution in [3.63, 3.8) is 0 Å². The van der Waals surface area contributed by atoms with Crippen LogP contribution in [-0.2, 0) is 16.0 Å². The van der Waals surface area contributed by atoms with E-state index in [1.807, 2.05) is 60.7 Å². The molecule has 9 heteroatoms. The zero-order valence-electron chi connectivity index (χ0n) is 21.9. The van der Waals surface area contributed by atoms with Crippen LogP contribution in [0.1, 0.15) is 29.7 Å². The molecule has 0 amide bonds. The molecule has 0 aromatic heterocycles. The van der Waals surface area contributed by atoms with Gasteiger partial charge in [0.15, 0.2) is 0 Å². The third-order valence-electron chi connectivity index (χ3n) is 6.17. The van der Waals surface area contributed by atoms with E-state index in [1.165, 1.54) is 12.1 Å². The van der Waals surface area contributed by atoms with Crippen LogP contribution < -0.4 is 10.7 Å². The summed E-state index contributed by atoms with van der Waals surface area (Å²) in [6, 6.07) is 30.6. The van der Waals surface area contributed by atoms with Crippen molar-refractivity contribution >= 4 is 23.1 Å². The molecule has 0 radical (unpaired) electrons. The zero-order chi connectivity index (χ0) is 28.3. The number of carbonyl (C=O) groups is 1. The molecule has 9 nitrogen and oxygen atoms in total. The second-order valence-corrected chi connectivity index (χ2v) is 8.96. The molecule has 0 aliphatic heterocycles. The molecule has 4 aromatic rings. The van der Waals surface area contributed by atoms with Crippen molar-refractivity contribution < 1.29 is 19.6 Å². The lowest BCUT2D eigenvalue weighted by atomic mass is 9.94. The van der Waals surface area contributed by atoms with Crippen LogP contribution >= 0.6 is 0 Å². The quantitative estimate of drug-likeness (QED) is 0.0925. The number of nitro benzene ring substituents is 1. The summed E-state index contributed by atoms with van der Waals surface area (Å²) in [6.45, 7) is 1.99. The van der Waals surface area contributed by atoms with Crippen molar-refractivity contribution in [1.29, 1.82) is 0 Å². The van der Waals surface area contributed by atoms with Crippen molar-refractivity contribution in [2.75, 3.05) is 12.0 Å². The van der Waals surface area contributed by atoms with E-state index in [4.69, 9.17) is 9.84 Å². The number of phenols is 1. The second kappa shape index (κ2) is 13.7. The van der Waals surface area contributed by atoms with Crippen LogP contribution in [0.25, 0.3) is 0 Å². The minimum atomic E-state index is -0.733. The van der Waals surface area contributed by atoms with E-state index in [9.17, 15) is 20.0 Å². The average molecular weight is 539 g/mol. The van der Waals surface area contributed by atoms with Crippen molar-refractivity contribution in [3.8, 4) is 5.75 Å². The lowest BCUT2D eigenvalue weighted by Crippen LogP contribution is -2.44. The van der Waals surface area contributed by atoms with Crippen LogP contribution in [0.5, 0.6) is 5.75 Å². The smallest absolute Gasteiger partial charge is 0.323 e. The number of hydrazone groups is 1. The fourth-order valence-electron chi connectivity index (χ4n) is 4.19. The minimum absolute atomic E-state index is 0.0202. The molecule has 0 aliphatic carbocycles. The van der Waals surface area contributed by atoms with Crippen LogP contribution in [0.2, 0.25) is 0 Å². The van der Waals surface area contributed by atoms with Gasteiger partial charge in [-0.05, 0) is 54.3 Å². The molecule has 2 atom stereocenters. The van der Waals surface area contributed by atoms with E-state index in [2.05, 4.69) is 10.7 Å². The Morgan fingerprint density at radius 2 is 1.55 bits per heavy atom. The molecule has 0 aliphatic rings. The van der Waals surface area contributed by atoms with E-state index < -0.39 is 23.0 Å². The molecule has 0 unspecified atom stereocenters. The molecule has 0 heterocycles. The maximum absolute atomic E-state index is 13.2. The van der Waals surface area contributed by atoms with Gasteiger partial charge in [0.2, 0.25) is 0 Å². The predicted octanol–water partition coefficient (Wildman–Crippen LogP) is 5.62. The molecule has 0 saturated carbocycles. The normalized spacial score (nSPS) is 12.8. The Balaban J connectivity index is 1.74. The second-order valence-electron chi connectivity index (χ2n) is 8.96. The van der Waals surface area contributed by atoms with Gasteiger partial charge in [0.25, 0.3) is 5.69 Å². The summed E-state index contributed by atoms with van der Waals surface area (Å²) >= 11 is 0. The molecule has 3 N–H and O–H groups in total. The van der Waals surface area contributed by atoms with Crippen molar-refractivity contribution in [3.05, 3.63) is 136 Å². The van der Waals surface area contributed by atoms with Crippen LogP contribution in [0, 0.1) is 10.1 Å². The van der Waals surface area contributed by atoms with Gasteiger partial charge in [-0.2, -0.15) is 5.10 Å². The molecular weight excluding hydrogens is 508 g/mol. The Bertz CT molecular complexity index is 1430. The highest BCUT2D eigenvalue weighted by atomic mass is 16.6. The maximum Gasteiger partial charge on any atom is 0.323 e. The zero-order valence-corrected chi connectivity index (χ0v) is 21.9. The van der Waals surface area contributed by atoms with Gasteiger partial charge in [0.1, 0.15) is 11.8 Å². The Labute approximate surface area is 232 Å². The highest BCUT2D eigenvalue weighted by Gasteiger charge is 2.28. The highest BCUT2D eigenvalue weighted by molar-refractivity contribution is 6.05. The predicted molar refractivity (Wildman–Crippen MR) is 154 cm³/mol. The summed E-state index contributed by atoms with van der Waals surface area (Å²) in [5.41, 5.74) is 6.70. The van der Waals surface area contributed by atoms with Gasteiger partial charge in [-0.25, -0.2) is 0 Å². The van der Waals surface area contributed by atoms with Crippen molar-refractivity contribution in [2.45, 2.75) is 25.4 Å². The van der Waals surface area contributed by atoms with E-state index in [1.54, 1.807) is 43.3 Å². The molecular formula is C31H30N4O5. The van der Waals surface area contributed by atoms with Crippen molar-refractivity contribution in [2.24, 2.45) is 5.10 Å². The fourth-order valence-corrected chi connectivity index (χ4v) is 4.19. The number of anilines is 1. The van der Waals surface area contributed by atoms with Gasteiger partial charge in [-0.3, -0.25) is 25.7 Å². The summed E-state index contributed by atoms with van der Waals surface area (Å²) in [6.07, 6.45) is 0.320. The number of nitrogens with one attached hydrogen (secondary N) is 2. The average Bonchev–Trinajstić information content (AvgIpc) is 2.98. The topological polar surface area (TPSA) is 126 Å². The van der Waals surface area contributed by atoms with Crippen molar-refractivity contribution in [1.82, 2.24) is 5.32 Å². The summed E-state index contributed by atoms with van der Waals surface area (Å²) in [5, 5.41) is 29.0. The van der Waals surface area contributed by atoms with E-state index in [-0.39, 0.29) is 18.0 Å². The minimum Gasteiger partial charge on any atom is -0.508 e. The van der Waals surface area contributed by atoms with Gasteiger partial charge in [0, 0.05) is 12.1 Å². The monoisotopic (exact) mass is 538 g/mol. The Kier molecular flexibility index (Phi) is 9.58. The van der Waals surface area contributed by atoms with Crippen LogP contribution in [-0.4, -0.2) is 34.4 Å². The van der Waals surface area contributed by atoms with Crippen LogP contribution in [0.15, 0.2) is 114 Å². The van der Waals surface area contributed by atoms with E-state index in [0.29, 0.717) is 17.8 Å². The first kappa shape index (κ1) is 28.0. The van der Waals surface area contributed by atoms with Gasteiger partial charge >= 0.3 is 5.97 Å². The molecule has 0 bridgehead atoms. The standard InChI is InChI=1S/C31H30N4O5/c1-2-40-31(37)28(21-22-13-19-27(36)20-14-22)32-29(23-9-5-3-6-10-23)30(24-11-7-4-8-12-24)34-33-25-15-17-26(18-16-25)35(38)39/h3-20,28-29,32-33,36H,2,21H2,1H3/b34-30-/t28-,29-/m0/s1. The molecule has 0 saturated heterocycles. The van der Waals surface area contributed by atoms with Crippen LogP contribution in [0.3, 0.4) is 0 Å². The van der Waals surface area contributed by atoms with E-state index in [0.717, 1.165) is 16.7 Å². The molecule has 204 valence electrons. The lowest BCUT2D eigenvalue weighted by molar-refractivity contribution is -0.384. The third-order valence-corrected chi connectivity index (χ3v) is 6.17. The lowest BCUT2D eigenvalue weighted by Gasteiger charge is -2.27. The number of hydrogen-bond acceptors (Lipinski definition) is 8. The largest absolute Gasteiger partial charge is 0.508 e. The number of benzene rings is 4. The molecule has 40 heavy (non-hydrogen) atoms. The van der Waals surface area contributed by atoms with Gasteiger partial charge in [-0.1, -0.05) is 72.8 Å². The molecule has 4 aromatic carbocycles. The first-order chi connectivity index (χ1) is 19.4. The van der Waals surface area contributed by atoms with Gasteiger partial charge in [-0.15, -0.1) is 0 Å². The maximum atomic E-state index is 13.2. The Hall–Kier alpha value is -5.02. The number of ether oxygens (including phenoxy) is 1. The highest BCUT2D eigenvalue weighted by Crippen LogP contribution is 2.23. The number of rotatable bonds is 12. The van der Waals surface area contributed by atoms with Crippen LogP contribution in [0.4, 0.5) is 11.4 Å². The number of nitrogens with zero attached hydrogens (tertiary/aromatic N) is 2. The number of carbonyl (C=O) groups excluding carboxylic acids is 1. The molecule has 0 fully saturated rings. The first-order valence-corrected chi connectivity index (χ1v) is 12.8. The number of hydrogen-bond donors (Lipinski definition) is 3. The fraction of sp³-hybridized carbons (Fsp3) is 0.161. The summed E-state index contributed by atoms with van der Waals surface area (Å²) in [5.74, 6) is -0.269. The number of phenolic OH excluding ortho intramolecular Hbond substituents is 1. The number of aromatic hydroxyl groups is 1. The molecule has 0 spiro atoms. The molecule has 4 rings (SSSR count). The number of esters is 1. The van der Waals surface area contributed by atoms with E-state index >= 15 is 0 Å². The Morgan fingerprint density at radius 1 is 0.925 bits per heavy atom. The summed E-state index contributed by atoms with van der Waals surface area (Å²) in [7, 11) is 0. The Morgan fingerprint density at radius 3 is 2.15 bits per heavy atom. The number of non-ortho nitro benzene ring substituents is 1. The first-order valence-electron chi connectivity index (χ1n) is 12.8. The van der Waals surface area contributed by atoms with Gasteiger partial charge in [0.05, 0.1) is 29.0 Å².